The molecule has 1 aliphatic heterocycles. The molecule has 6 nitrogen and oxygen atoms in total. The highest BCUT2D eigenvalue weighted by Crippen LogP contribution is 2.27. The Balaban J connectivity index is 1.45. The quantitative estimate of drug-likeness (QED) is 0.552. The first-order valence-corrected chi connectivity index (χ1v) is 12.6. The lowest BCUT2D eigenvalue weighted by Gasteiger charge is -2.27. The summed E-state index contributed by atoms with van der Waals surface area (Å²) >= 11 is 0. The Hall–Kier alpha value is -2.81. The molecule has 33 heavy (non-hydrogen) atoms. The Morgan fingerprint density at radius 1 is 0.939 bits per heavy atom. The summed E-state index contributed by atoms with van der Waals surface area (Å²) in [5.74, 6) is -0.482. The molecule has 0 radical (unpaired) electrons. The molecule has 0 atom stereocenters. The van der Waals surface area contributed by atoms with Gasteiger partial charge in [0, 0.05) is 31.6 Å². The van der Waals surface area contributed by atoms with Gasteiger partial charge >= 0.3 is 0 Å². The number of hydrogen-bond donors (Lipinski definition) is 0. The van der Waals surface area contributed by atoms with E-state index in [4.69, 9.17) is 0 Å². The van der Waals surface area contributed by atoms with Gasteiger partial charge in [0.1, 0.15) is 5.82 Å². The van der Waals surface area contributed by atoms with E-state index in [9.17, 15) is 17.6 Å². The predicted octanol–water partition coefficient (Wildman–Crippen LogP) is 3.73. The maximum atomic E-state index is 13.2. The average Bonchev–Trinajstić information content (AvgIpc) is 3.06. The second kappa shape index (κ2) is 9.99. The molecule has 0 aliphatic carbocycles. The standard InChI is InChI=1S/C25H28FN3O3S/c1-2-29(24-10-5-8-20-7-3-4-9-23(20)24)25(30)19-27-15-6-16-28(18-17-27)33(31,32)22-13-11-21(26)12-14-22/h3-5,7-14H,2,6,15-19H2,1H3. The van der Waals surface area contributed by atoms with E-state index in [2.05, 4.69) is 0 Å². The minimum Gasteiger partial charge on any atom is -0.311 e. The molecule has 0 aromatic heterocycles. The van der Waals surface area contributed by atoms with Gasteiger partial charge in [0.15, 0.2) is 0 Å². The number of hydrogen-bond acceptors (Lipinski definition) is 4. The molecule has 1 saturated heterocycles. The number of rotatable bonds is 6. The van der Waals surface area contributed by atoms with Crippen molar-refractivity contribution in [3.05, 3.63) is 72.5 Å². The Morgan fingerprint density at radius 2 is 1.67 bits per heavy atom. The monoisotopic (exact) mass is 469 g/mol. The van der Waals surface area contributed by atoms with Crippen LogP contribution in [0, 0.1) is 5.82 Å². The fourth-order valence-electron chi connectivity index (χ4n) is 4.30. The third kappa shape index (κ3) is 5.08. The zero-order chi connectivity index (χ0) is 23.4. The van der Waals surface area contributed by atoms with Crippen LogP contribution in [0.5, 0.6) is 0 Å². The van der Waals surface area contributed by atoms with Crippen molar-refractivity contribution in [2.45, 2.75) is 18.2 Å². The maximum Gasteiger partial charge on any atom is 0.243 e. The van der Waals surface area contributed by atoms with Gasteiger partial charge in [0.25, 0.3) is 0 Å². The van der Waals surface area contributed by atoms with Gasteiger partial charge in [0.2, 0.25) is 15.9 Å². The number of amides is 1. The highest BCUT2D eigenvalue weighted by Gasteiger charge is 2.28. The van der Waals surface area contributed by atoms with Gasteiger partial charge in [-0.2, -0.15) is 4.31 Å². The molecule has 1 fully saturated rings. The van der Waals surface area contributed by atoms with E-state index in [0.717, 1.165) is 28.6 Å². The van der Waals surface area contributed by atoms with Crippen LogP contribution in [0.15, 0.2) is 71.6 Å². The van der Waals surface area contributed by atoms with Gasteiger partial charge in [0.05, 0.1) is 17.1 Å². The fraction of sp³-hybridized carbons (Fsp3) is 0.320. The van der Waals surface area contributed by atoms with Gasteiger partial charge < -0.3 is 4.90 Å². The molecule has 1 aliphatic rings. The number of likely N-dealkylation sites (N-methyl/N-ethyl adjacent to an activating group) is 1. The third-order valence-corrected chi connectivity index (χ3v) is 7.95. The minimum absolute atomic E-state index is 0.0105. The lowest BCUT2D eigenvalue weighted by Crippen LogP contribution is -2.42. The number of sulfonamides is 1. The molecule has 174 valence electrons. The SMILES string of the molecule is CCN(C(=O)CN1CCCN(S(=O)(=O)c2ccc(F)cc2)CC1)c1cccc2ccccc12. The van der Waals surface area contributed by atoms with Gasteiger partial charge in [-0.15, -0.1) is 0 Å². The predicted molar refractivity (Wildman–Crippen MR) is 128 cm³/mol. The number of carbonyl (C=O) groups excluding carboxylic acids is 1. The van der Waals surface area contributed by atoms with Crippen LogP contribution >= 0.6 is 0 Å². The molecule has 1 heterocycles. The lowest BCUT2D eigenvalue weighted by molar-refractivity contribution is -0.119. The van der Waals surface area contributed by atoms with Crippen LogP contribution in [0.2, 0.25) is 0 Å². The van der Waals surface area contributed by atoms with Crippen molar-refractivity contribution in [1.82, 2.24) is 9.21 Å². The van der Waals surface area contributed by atoms with E-state index in [-0.39, 0.29) is 23.9 Å². The van der Waals surface area contributed by atoms with E-state index < -0.39 is 15.8 Å². The third-order valence-electron chi connectivity index (χ3n) is 6.03. The van der Waals surface area contributed by atoms with Crippen molar-refractivity contribution in [1.29, 1.82) is 0 Å². The number of halogens is 1. The molecule has 4 rings (SSSR count). The van der Waals surface area contributed by atoms with Crippen molar-refractivity contribution in [2.75, 3.05) is 44.2 Å². The molecular weight excluding hydrogens is 441 g/mol. The molecule has 0 bridgehead atoms. The molecule has 0 spiro atoms. The summed E-state index contributed by atoms with van der Waals surface area (Å²) in [5, 5.41) is 2.11. The van der Waals surface area contributed by atoms with E-state index in [1.165, 1.54) is 16.4 Å². The summed E-state index contributed by atoms with van der Waals surface area (Å²) in [6, 6.07) is 18.8. The zero-order valence-corrected chi connectivity index (χ0v) is 19.5. The Bertz CT molecular complexity index is 1230. The van der Waals surface area contributed by atoms with E-state index in [1.807, 2.05) is 54.3 Å². The first kappa shape index (κ1) is 23.4. The van der Waals surface area contributed by atoms with E-state index >= 15 is 0 Å². The molecule has 8 heteroatoms. The summed E-state index contributed by atoms with van der Waals surface area (Å²) in [4.78, 5) is 17.1. The summed E-state index contributed by atoms with van der Waals surface area (Å²) in [6.07, 6.45) is 0.619. The topological polar surface area (TPSA) is 60.9 Å². The average molecular weight is 470 g/mol. The molecule has 0 N–H and O–H groups in total. The first-order valence-electron chi connectivity index (χ1n) is 11.2. The van der Waals surface area contributed by atoms with Crippen LogP contribution in [0.1, 0.15) is 13.3 Å². The van der Waals surface area contributed by atoms with Crippen LogP contribution < -0.4 is 4.90 Å². The van der Waals surface area contributed by atoms with Crippen LogP contribution in [0.3, 0.4) is 0 Å². The molecule has 3 aromatic carbocycles. The maximum absolute atomic E-state index is 13.2. The Morgan fingerprint density at radius 3 is 2.42 bits per heavy atom. The van der Waals surface area contributed by atoms with Crippen LogP contribution in [0.25, 0.3) is 10.8 Å². The van der Waals surface area contributed by atoms with Crippen LogP contribution in [0.4, 0.5) is 10.1 Å². The van der Waals surface area contributed by atoms with Crippen molar-refractivity contribution in [3.8, 4) is 0 Å². The van der Waals surface area contributed by atoms with E-state index in [0.29, 0.717) is 32.6 Å². The lowest BCUT2D eigenvalue weighted by atomic mass is 10.1. The minimum atomic E-state index is -3.70. The number of anilines is 1. The van der Waals surface area contributed by atoms with E-state index in [1.54, 1.807) is 4.90 Å². The molecule has 1 amide bonds. The van der Waals surface area contributed by atoms with Crippen molar-refractivity contribution >= 4 is 32.4 Å². The van der Waals surface area contributed by atoms with Crippen LogP contribution in [-0.2, 0) is 14.8 Å². The van der Waals surface area contributed by atoms with Crippen molar-refractivity contribution < 1.29 is 17.6 Å². The second-order valence-corrected chi connectivity index (χ2v) is 10.1. The normalized spacial score (nSPS) is 15.9. The summed E-state index contributed by atoms with van der Waals surface area (Å²) in [5.41, 5.74) is 0.885. The second-order valence-electron chi connectivity index (χ2n) is 8.12. The van der Waals surface area contributed by atoms with Gasteiger partial charge in [-0.1, -0.05) is 36.4 Å². The van der Waals surface area contributed by atoms with Crippen LogP contribution in [-0.4, -0.2) is 62.8 Å². The van der Waals surface area contributed by atoms with Crippen molar-refractivity contribution in [2.24, 2.45) is 0 Å². The largest absolute Gasteiger partial charge is 0.311 e. The van der Waals surface area contributed by atoms with Crippen molar-refractivity contribution in [3.63, 3.8) is 0 Å². The first-order chi connectivity index (χ1) is 15.9. The summed E-state index contributed by atoms with van der Waals surface area (Å²) in [6.45, 7) is 4.47. The number of nitrogens with zero attached hydrogens (tertiary/aromatic N) is 3. The number of carbonyl (C=O) groups is 1. The fourth-order valence-corrected chi connectivity index (χ4v) is 5.77. The summed E-state index contributed by atoms with van der Waals surface area (Å²) in [7, 11) is -3.70. The molecule has 0 saturated carbocycles. The number of fused-ring (bicyclic) bond motifs is 1. The Kier molecular flexibility index (Phi) is 7.07. The molecule has 0 unspecified atom stereocenters. The van der Waals surface area contributed by atoms with Gasteiger partial charge in [-0.25, -0.2) is 12.8 Å². The highest BCUT2D eigenvalue weighted by molar-refractivity contribution is 7.89. The zero-order valence-electron chi connectivity index (χ0n) is 18.7. The number of benzene rings is 3. The Labute approximate surface area is 194 Å². The summed E-state index contributed by atoms with van der Waals surface area (Å²) < 4.78 is 40.5. The highest BCUT2D eigenvalue weighted by atomic mass is 32.2. The molecular formula is C25H28FN3O3S. The molecule has 3 aromatic rings. The van der Waals surface area contributed by atoms with Gasteiger partial charge in [-0.05, 0) is 55.6 Å². The van der Waals surface area contributed by atoms with Gasteiger partial charge in [-0.3, -0.25) is 9.69 Å². The smallest absolute Gasteiger partial charge is 0.243 e.